The van der Waals surface area contributed by atoms with Crippen molar-refractivity contribution in [2.75, 3.05) is 13.1 Å². The molecule has 33 heavy (non-hydrogen) atoms. The Bertz CT molecular complexity index is 1230. The maximum atomic E-state index is 14.9. The van der Waals surface area contributed by atoms with Gasteiger partial charge in [-0.25, -0.2) is 13.2 Å². The van der Waals surface area contributed by atoms with Crippen molar-refractivity contribution in [2.45, 2.75) is 13.2 Å². The van der Waals surface area contributed by atoms with Gasteiger partial charge in [-0.2, -0.15) is 0 Å². The van der Waals surface area contributed by atoms with Crippen LogP contribution >= 0.6 is 0 Å². The Labute approximate surface area is 188 Å². The predicted octanol–water partition coefficient (Wildman–Crippen LogP) is 3.90. The Balaban J connectivity index is 1.42. The zero-order chi connectivity index (χ0) is 23.4. The van der Waals surface area contributed by atoms with Crippen LogP contribution in [-0.4, -0.2) is 24.8 Å². The third-order valence-corrected chi connectivity index (χ3v) is 5.05. The quantitative estimate of drug-likeness (QED) is 0.356. The van der Waals surface area contributed by atoms with Crippen molar-refractivity contribution >= 4 is 11.7 Å². The van der Waals surface area contributed by atoms with Gasteiger partial charge in [-0.15, -0.1) is 0 Å². The summed E-state index contributed by atoms with van der Waals surface area (Å²) in [7, 11) is 0. The lowest BCUT2D eigenvalue weighted by Crippen LogP contribution is -2.19. The van der Waals surface area contributed by atoms with E-state index in [9.17, 15) is 13.2 Å². The smallest absolute Gasteiger partial charge is 0.165 e. The van der Waals surface area contributed by atoms with Gasteiger partial charge in [0, 0.05) is 28.8 Å². The zero-order valence-electron chi connectivity index (χ0n) is 17.5. The van der Waals surface area contributed by atoms with Crippen LogP contribution in [-0.2, 0) is 13.2 Å². The van der Waals surface area contributed by atoms with E-state index in [2.05, 4.69) is 10.3 Å². The van der Waals surface area contributed by atoms with Crippen LogP contribution in [0.25, 0.3) is 0 Å². The molecule has 4 rings (SSSR count). The topological polar surface area (TPSA) is 92.7 Å². The Morgan fingerprint density at radius 3 is 2.12 bits per heavy atom. The van der Waals surface area contributed by atoms with Gasteiger partial charge < -0.3 is 20.5 Å². The number of aliphatic imine (C=N–C) groups is 1. The second kappa shape index (κ2) is 9.64. The Kier molecular flexibility index (Phi) is 6.48. The molecule has 0 atom stereocenters. The van der Waals surface area contributed by atoms with Gasteiger partial charge >= 0.3 is 0 Å². The van der Waals surface area contributed by atoms with E-state index in [1.807, 2.05) is 0 Å². The number of nitrogens with two attached hydrogens (primary N) is 1. The first-order valence-electron chi connectivity index (χ1n) is 10.2. The third kappa shape index (κ3) is 5.08. The molecule has 0 amide bonds. The molecule has 9 heteroatoms. The summed E-state index contributed by atoms with van der Waals surface area (Å²) < 4.78 is 54.3. The van der Waals surface area contributed by atoms with Crippen LogP contribution in [0, 0.1) is 22.9 Å². The molecule has 0 unspecified atom stereocenters. The number of hydrogen-bond donors (Lipinski definition) is 3. The van der Waals surface area contributed by atoms with Crippen LogP contribution in [0.15, 0.2) is 59.6 Å². The normalized spacial score (nSPS) is 12.8. The van der Waals surface area contributed by atoms with Crippen LogP contribution in [0.1, 0.15) is 22.3 Å². The van der Waals surface area contributed by atoms with E-state index >= 15 is 0 Å². The highest BCUT2D eigenvalue weighted by molar-refractivity contribution is 5.99. The lowest BCUT2D eigenvalue weighted by Gasteiger charge is -2.13. The number of rotatable bonds is 8. The summed E-state index contributed by atoms with van der Waals surface area (Å²) in [4.78, 5) is 4.25. The third-order valence-electron chi connectivity index (χ3n) is 5.05. The summed E-state index contributed by atoms with van der Waals surface area (Å²) in [6.45, 7) is 0.931. The molecule has 0 saturated heterocycles. The molecule has 1 heterocycles. The molecule has 0 fully saturated rings. The van der Waals surface area contributed by atoms with Crippen molar-refractivity contribution in [3.63, 3.8) is 0 Å². The highest BCUT2D eigenvalue weighted by Gasteiger charge is 2.14. The van der Waals surface area contributed by atoms with Gasteiger partial charge in [0.2, 0.25) is 0 Å². The van der Waals surface area contributed by atoms with E-state index < -0.39 is 17.5 Å². The predicted molar refractivity (Wildman–Crippen MR) is 118 cm³/mol. The molecular weight excluding hydrogens is 433 g/mol. The summed E-state index contributed by atoms with van der Waals surface area (Å²) in [6.07, 6.45) is 0. The summed E-state index contributed by atoms with van der Waals surface area (Å²) in [5.41, 5.74) is 6.56. The maximum absolute atomic E-state index is 14.9. The van der Waals surface area contributed by atoms with E-state index in [0.29, 0.717) is 24.5 Å². The number of hydrogen-bond acceptors (Lipinski definition) is 5. The van der Waals surface area contributed by atoms with Crippen LogP contribution < -0.4 is 20.5 Å². The number of benzene rings is 3. The Morgan fingerprint density at radius 1 is 0.939 bits per heavy atom. The lowest BCUT2D eigenvalue weighted by molar-refractivity contribution is 0.274. The SMILES string of the molecule is N=C(N)c1ccc(OCc2cccc(COc3ccc(C4=NCCN4)cc3F)c2F)c(F)c1. The molecule has 1 aliphatic heterocycles. The molecule has 0 aliphatic carbocycles. The zero-order valence-corrected chi connectivity index (χ0v) is 17.5. The number of ether oxygens (including phenoxy) is 2. The maximum Gasteiger partial charge on any atom is 0.165 e. The van der Waals surface area contributed by atoms with E-state index in [1.165, 1.54) is 36.4 Å². The van der Waals surface area contributed by atoms with Gasteiger partial charge in [0.1, 0.15) is 30.7 Å². The summed E-state index contributed by atoms with van der Waals surface area (Å²) in [5.74, 6) is -1.61. The fraction of sp³-hybridized carbons (Fsp3) is 0.167. The number of halogens is 3. The monoisotopic (exact) mass is 454 g/mol. The van der Waals surface area contributed by atoms with E-state index in [1.54, 1.807) is 12.1 Å². The molecule has 1 aliphatic rings. The summed E-state index contributed by atoms with van der Waals surface area (Å²) in [6, 6.07) is 13.0. The fourth-order valence-electron chi connectivity index (χ4n) is 3.31. The highest BCUT2D eigenvalue weighted by Crippen LogP contribution is 2.24. The molecule has 0 aromatic heterocycles. The van der Waals surface area contributed by atoms with Crippen molar-refractivity contribution in [3.05, 3.63) is 94.3 Å². The number of nitrogens with zero attached hydrogens (tertiary/aromatic N) is 1. The second-order valence-corrected chi connectivity index (χ2v) is 7.33. The van der Waals surface area contributed by atoms with Crippen molar-refractivity contribution in [1.29, 1.82) is 5.41 Å². The van der Waals surface area contributed by atoms with Crippen molar-refractivity contribution in [2.24, 2.45) is 10.7 Å². The van der Waals surface area contributed by atoms with Crippen molar-refractivity contribution < 1.29 is 22.6 Å². The molecule has 4 N–H and O–H groups in total. The molecule has 170 valence electrons. The van der Waals surface area contributed by atoms with Gasteiger partial charge in [-0.05, 0) is 36.4 Å². The molecular formula is C24H21F3N4O2. The first-order valence-corrected chi connectivity index (χ1v) is 10.2. The van der Waals surface area contributed by atoms with Crippen molar-refractivity contribution in [3.8, 4) is 11.5 Å². The summed E-state index contributed by atoms with van der Waals surface area (Å²) in [5, 5.41) is 10.4. The van der Waals surface area contributed by atoms with Crippen LogP contribution in [0.4, 0.5) is 13.2 Å². The van der Waals surface area contributed by atoms with Gasteiger partial charge in [-0.1, -0.05) is 18.2 Å². The fourth-order valence-corrected chi connectivity index (χ4v) is 3.31. The molecule has 0 saturated carbocycles. The Morgan fingerprint density at radius 2 is 1.58 bits per heavy atom. The van der Waals surface area contributed by atoms with Crippen molar-refractivity contribution in [1.82, 2.24) is 5.32 Å². The average molecular weight is 454 g/mol. The van der Waals surface area contributed by atoms with E-state index in [0.717, 1.165) is 6.07 Å². The number of nitrogens with one attached hydrogen (secondary N) is 2. The van der Waals surface area contributed by atoms with Crippen LogP contribution in [0.3, 0.4) is 0 Å². The minimum Gasteiger partial charge on any atom is -0.486 e. The number of amidine groups is 2. The minimum atomic E-state index is -0.708. The average Bonchev–Trinajstić information content (AvgIpc) is 3.34. The first kappa shape index (κ1) is 22.2. The second-order valence-electron chi connectivity index (χ2n) is 7.33. The minimum absolute atomic E-state index is 0.00830. The largest absolute Gasteiger partial charge is 0.486 e. The molecule has 3 aromatic carbocycles. The highest BCUT2D eigenvalue weighted by atomic mass is 19.1. The molecule has 3 aromatic rings. The van der Waals surface area contributed by atoms with Gasteiger partial charge in [0.05, 0.1) is 6.54 Å². The lowest BCUT2D eigenvalue weighted by atomic mass is 10.1. The Hall–Kier alpha value is -4.01. The molecule has 0 bridgehead atoms. The molecule has 0 spiro atoms. The first-order chi connectivity index (χ1) is 15.9. The molecule has 0 radical (unpaired) electrons. The number of nitrogen functional groups attached to an aromatic ring is 1. The standard InChI is InChI=1S/C24H21F3N4O2/c25-18-10-14(23(28)29)4-6-20(18)32-12-16-2-1-3-17(22(16)27)13-33-21-7-5-15(11-19(21)26)24-30-8-9-31-24/h1-7,10-11H,8-9,12-13H2,(H3,28,29)(H,30,31). The van der Waals surface area contributed by atoms with Gasteiger partial charge in [0.15, 0.2) is 23.1 Å². The van der Waals surface area contributed by atoms with Crippen LogP contribution in [0.2, 0.25) is 0 Å². The van der Waals surface area contributed by atoms with Gasteiger partial charge in [0.25, 0.3) is 0 Å². The van der Waals surface area contributed by atoms with E-state index in [-0.39, 0.29) is 47.2 Å². The van der Waals surface area contributed by atoms with Crippen LogP contribution in [0.5, 0.6) is 11.5 Å². The van der Waals surface area contributed by atoms with Gasteiger partial charge in [-0.3, -0.25) is 10.4 Å². The molecule has 6 nitrogen and oxygen atoms in total. The summed E-state index contributed by atoms with van der Waals surface area (Å²) >= 11 is 0. The van der Waals surface area contributed by atoms with E-state index in [4.69, 9.17) is 20.6 Å².